The first kappa shape index (κ1) is 15.8. The number of hydrogen-bond acceptors (Lipinski definition) is 6. The largest absolute Gasteiger partial charge is 0.497 e. The third-order valence-electron chi connectivity index (χ3n) is 2.68. The lowest BCUT2D eigenvalue weighted by atomic mass is 10.2. The topological polar surface area (TPSA) is 64.1 Å². The highest BCUT2D eigenvalue weighted by Gasteiger charge is 2.11. The van der Waals surface area contributed by atoms with Gasteiger partial charge in [0.1, 0.15) is 5.75 Å². The highest BCUT2D eigenvalue weighted by Crippen LogP contribution is 2.26. The third-order valence-corrected chi connectivity index (χ3v) is 4.74. The molecule has 21 heavy (non-hydrogen) atoms. The highest BCUT2D eigenvalue weighted by molar-refractivity contribution is 8.01. The van der Waals surface area contributed by atoms with Crippen LogP contribution < -0.4 is 10.1 Å². The third kappa shape index (κ3) is 4.71. The average Bonchev–Trinajstić information content (AvgIpc) is 2.95. The molecule has 1 heterocycles. The molecule has 1 aromatic heterocycles. The Kier molecular flexibility index (Phi) is 6.01. The van der Waals surface area contributed by atoms with E-state index in [4.69, 9.17) is 4.74 Å². The van der Waals surface area contributed by atoms with Crippen LogP contribution in [0.4, 0.5) is 5.13 Å². The van der Waals surface area contributed by atoms with E-state index in [9.17, 15) is 4.79 Å². The average molecular weight is 323 g/mol. The minimum atomic E-state index is -0.213. The van der Waals surface area contributed by atoms with Crippen LogP contribution in [-0.4, -0.2) is 29.0 Å². The van der Waals surface area contributed by atoms with E-state index in [1.165, 1.54) is 11.3 Å². The number of rotatable bonds is 7. The van der Waals surface area contributed by atoms with Crippen molar-refractivity contribution in [1.29, 1.82) is 0 Å². The Morgan fingerprint density at radius 3 is 3.05 bits per heavy atom. The standard InChI is InChI=1S/C14H17N3O2S2/c1-3-4-8-20-14-17-16-13(21-14)15-12(18)10-6-5-7-11(9-10)19-2/h5-7,9H,3-4,8H2,1-2H3,(H,15,16,18). The molecule has 0 aliphatic rings. The van der Waals surface area contributed by atoms with E-state index < -0.39 is 0 Å². The molecule has 7 heteroatoms. The Labute approximate surface area is 132 Å². The van der Waals surface area contributed by atoms with Gasteiger partial charge in [-0.1, -0.05) is 42.5 Å². The molecule has 0 atom stereocenters. The number of unbranched alkanes of at least 4 members (excludes halogenated alkanes) is 1. The first-order chi connectivity index (χ1) is 10.2. The number of aromatic nitrogens is 2. The second kappa shape index (κ2) is 7.99. The molecule has 112 valence electrons. The van der Waals surface area contributed by atoms with Crippen molar-refractivity contribution in [3.05, 3.63) is 29.8 Å². The number of hydrogen-bond donors (Lipinski definition) is 1. The van der Waals surface area contributed by atoms with Crippen molar-refractivity contribution in [1.82, 2.24) is 10.2 Å². The van der Waals surface area contributed by atoms with E-state index in [0.29, 0.717) is 16.4 Å². The zero-order valence-corrected chi connectivity index (χ0v) is 13.6. The van der Waals surface area contributed by atoms with E-state index in [2.05, 4.69) is 22.4 Å². The fraction of sp³-hybridized carbons (Fsp3) is 0.357. The first-order valence-corrected chi connectivity index (χ1v) is 8.45. The van der Waals surface area contributed by atoms with Crippen molar-refractivity contribution in [2.45, 2.75) is 24.1 Å². The van der Waals surface area contributed by atoms with Gasteiger partial charge in [-0.15, -0.1) is 10.2 Å². The van der Waals surface area contributed by atoms with Crippen LogP contribution in [0.1, 0.15) is 30.1 Å². The molecule has 0 spiro atoms. The van der Waals surface area contributed by atoms with Crippen LogP contribution in [0.15, 0.2) is 28.6 Å². The van der Waals surface area contributed by atoms with Gasteiger partial charge in [0, 0.05) is 11.3 Å². The molecular formula is C14H17N3O2S2. The molecule has 0 fully saturated rings. The predicted molar refractivity (Wildman–Crippen MR) is 86.5 cm³/mol. The lowest BCUT2D eigenvalue weighted by Gasteiger charge is -2.03. The number of benzene rings is 1. The number of nitrogens with one attached hydrogen (secondary N) is 1. The number of ether oxygens (including phenoxy) is 1. The monoisotopic (exact) mass is 323 g/mol. The molecule has 0 aliphatic heterocycles. The van der Waals surface area contributed by atoms with E-state index in [-0.39, 0.29) is 5.91 Å². The smallest absolute Gasteiger partial charge is 0.257 e. The molecular weight excluding hydrogens is 306 g/mol. The number of carbonyl (C=O) groups is 1. The summed E-state index contributed by atoms with van der Waals surface area (Å²) < 4.78 is 5.98. The molecule has 0 radical (unpaired) electrons. The second-order valence-electron chi connectivity index (χ2n) is 4.26. The summed E-state index contributed by atoms with van der Waals surface area (Å²) in [7, 11) is 1.57. The summed E-state index contributed by atoms with van der Waals surface area (Å²) in [5.74, 6) is 1.46. The molecule has 0 aliphatic carbocycles. The predicted octanol–water partition coefficient (Wildman–Crippen LogP) is 3.69. The Bertz CT molecular complexity index is 601. The van der Waals surface area contributed by atoms with Gasteiger partial charge in [-0.2, -0.15) is 0 Å². The number of amides is 1. The van der Waals surface area contributed by atoms with Crippen LogP contribution >= 0.6 is 23.1 Å². The van der Waals surface area contributed by atoms with Gasteiger partial charge in [-0.25, -0.2) is 0 Å². The van der Waals surface area contributed by atoms with Crippen LogP contribution in [-0.2, 0) is 0 Å². The van der Waals surface area contributed by atoms with Crippen LogP contribution in [0, 0.1) is 0 Å². The number of thioether (sulfide) groups is 1. The molecule has 5 nitrogen and oxygen atoms in total. The molecule has 1 N–H and O–H groups in total. The summed E-state index contributed by atoms with van der Waals surface area (Å²) in [6.45, 7) is 2.15. The molecule has 0 unspecified atom stereocenters. The Hall–Kier alpha value is -1.60. The summed E-state index contributed by atoms with van der Waals surface area (Å²) in [5, 5.41) is 11.3. The lowest BCUT2D eigenvalue weighted by molar-refractivity contribution is 0.102. The maximum absolute atomic E-state index is 12.1. The second-order valence-corrected chi connectivity index (χ2v) is 6.58. The molecule has 0 saturated heterocycles. The van der Waals surface area contributed by atoms with Gasteiger partial charge in [-0.05, 0) is 24.6 Å². The fourth-order valence-corrected chi connectivity index (χ4v) is 3.46. The maximum Gasteiger partial charge on any atom is 0.257 e. The van der Waals surface area contributed by atoms with Crippen molar-refractivity contribution in [2.24, 2.45) is 0 Å². The maximum atomic E-state index is 12.1. The van der Waals surface area contributed by atoms with Crippen LogP contribution in [0.3, 0.4) is 0 Å². The molecule has 0 saturated carbocycles. The van der Waals surface area contributed by atoms with Crippen molar-refractivity contribution >= 4 is 34.1 Å². The van der Waals surface area contributed by atoms with Crippen LogP contribution in [0.2, 0.25) is 0 Å². The zero-order valence-electron chi connectivity index (χ0n) is 12.0. The van der Waals surface area contributed by atoms with E-state index in [1.54, 1.807) is 43.1 Å². The summed E-state index contributed by atoms with van der Waals surface area (Å²) in [4.78, 5) is 12.1. The fourth-order valence-electron chi connectivity index (χ4n) is 1.56. The van der Waals surface area contributed by atoms with Gasteiger partial charge < -0.3 is 4.74 Å². The SMILES string of the molecule is CCCCSc1nnc(NC(=O)c2cccc(OC)c2)s1. The van der Waals surface area contributed by atoms with E-state index in [1.807, 2.05) is 0 Å². The minimum absolute atomic E-state index is 0.213. The van der Waals surface area contributed by atoms with Crippen molar-refractivity contribution in [3.63, 3.8) is 0 Å². The van der Waals surface area contributed by atoms with Gasteiger partial charge >= 0.3 is 0 Å². The zero-order chi connectivity index (χ0) is 15.1. The van der Waals surface area contributed by atoms with Gasteiger partial charge in [0.15, 0.2) is 4.34 Å². The van der Waals surface area contributed by atoms with Crippen molar-refractivity contribution in [2.75, 3.05) is 18.2 Å². The Morgan fingerprint density at radius 2 is 2.29 bits per heavy atom. The quantitative estimate of drug-likeness (QED) is 0.478. The number of methoxy groups -OCH3 is 1. The van der Waals surface area contributed by atoms with Gasteiger partial charge in [0.25, 0.3) is 5.91 Å². The molecule has 0 bridgehead atoms. The normalized spacial score (nSPS) is 10.4. The van der Waals surface area contributed by atoms with Crippen molar-refractivity contribution < 1.29 is 9.53 Å². The minimum Gasteiger partial charge on any atom is -0.497 e. The Morgan fingerprint density at radius 1 is 1.43 bits per heavy atom. The summed E-state index contributed by atoms with van der Waals surface area (Å²) in [6, 6.07) is 6.99. The first-order valence-electron chi connectivity index (χ1n) is 6.64. The van der Waals surface area contributed by atoms with Gasteiger partial charge in [-0.3, -0.25) is 10.1 Å². The summed E-state index contributed by atoms with van der Waals surface area (Å²) in [6.07, 6.45) is 2.31. The van der Waals surface area contributed by atoms with Gasteiger partial charge in [0.05, 0.1) is 7.11 Å². The van der Waals surface area contributed by atoms with Crippen LogP contribution in [0.5, 0.6) is 5.75 Å². The summed E-state index contributed by atoms with van der Waals surface area (Å²) >= 11 is 3.06. The Balaban J connectivity index is 1.96. The molecule has 1 aromatic carbocycles. The highest BCUT2D eigenvalue weighted by atomic mass is 32.2. The van der Waals surface area contributed by atoms with E-state index in [0.717, 1.165) is 22.9 Å². The number of nitrogens with zero attached hydrogens (tertiary/aromatic N) is 2. The van der Waals surface area contributed by atoms with Crippen LogP contribution in [0.25, 0.3) is 0 Å². The molecule has 2 aromatic rings. The summed E-state index contributed by atoms with van der Waals surface area (Å²) in [5.41, 5.74) is 0.532. The lowest BCUT2D eigenvalue weighted by Crippen LogP contribution is -2.11. The van der Waals surface area contributed by atoms with E-state index >= 15 is 0 Å². The van der Waals surface area contributed by atoms with Gasteiger partial charge in [0.2, 0.25) is 5.13 Å². The number of carbonyl (C=O) groups excluding carboxylic acids is 1. The van der Waals surface area contributed by atoms with Crippen molar-refractivity contribution in [3.8, 4) is 5.75 Å². The number of anilines is 1. The molecule has 1 amide bonds. The molecule has 2 rings (SSSR count).